The Balaban J connectivity index is 2.00. The summed E-state index contributed by atoms with van der Waals surface area (Å²) < 4.78 is 7.26. The van der Waals surface area contributed by atoms with Gasteiger partial charge in [-0.25, -0.2) is 9.97 Å². The first-order chi connectivity index (χ1) is 12.3. The van der Waals surface area contributed by atoms with Gasteiger partial charge in [-0.15, -0.1) is 11.7 Å². The van der Waals surface area contributed by atoms with Crippen LogP contribution < -0.4 is 4.74 Å². The molecule has 0 aliphatic rings. The molecule has 0 amide bonds. The summed E-state index contributed by atoms with van der Waals surface area (Å²) in [6, 6.07) is 15.7. The normalized spacial score (nSPS) is 11.1. The third-order valence-electron chi connectivity index (χ3n) is 3.83. The Morgan fingerprint density at radius 3 is 2.76 bits per heavy atom. The highest BCUT2D eigenvalue weighted by molar-refractivity contribution is 7.99. The van der Waals surface area contributed by atoms with Crippen molar-refractivity contribution in [2.24, 2.45) is 0 Å². The summed E-state index contributed by atoms with van der Waals surface area (Å²) >= 11 is 1.58. The van der Waals surface area contributed by atoms with Gasteiger partial charge in [0, 0.05) is 11.1 Å². The van der Waals surface area contributed by atoms with Crippen LogP contribution in [-0.4, -0.2) is 32.4 Å². The third kappa shape index (κ3) is 2.74. The number of para-hydroxylation sites is 2. The number of thioether (sulfide) groups is 1. The summed E-state index contributed by atoms with van der Waals surface area (Å²) in [5.41, 5.74) is 2.55. The van der Waals surface area contributed by atoms with E-state index in [1.165, 1.54) is 0 Å². The van der Waals surface area contributed by atoms with Crippen LogP contribution in [0.1, 0.15) is 0 Å². The molecular formula is C19H16N4OS. The molecule has 0 fully saturated rings. The van der Waals surface area contributed by atoms with Crippen LogP contribution in [0.25, 0.3) is 27.9 Å². The number of aromatic nitrogens is 4. The molecule has 2 aromatic carbocycles. The minimum Gasteiger partial charge on any atom is -0.496 e. The zero-order valence-corrected chi connectivity index (χ0v) is 14.5. The highest BCUT2D eigenvalue weighted by atomic mass is 32.2. The van der Waals surface area contributed by atoms with E-state index in [4.69, 9.17) is 19.8 Å². The van der Waals surface area contributed by atoms with Crippen LogP contribution in [0.3, 0.4) is 0 Å². The lowest BCUT2D eigenvalue weighted by Crippen LogP contribution is -1.98. The van der Waals surface area contributed by atoms with Crippen molar-refractivity contribution >= 4 is 28.3 Å². The Morgan fingerprint density at radius 2 is 1.92 bits per heavy atom. The highest BCUT2D eigenvalue weighted by Crippen LogP contribution is 2.30. The van der Waals surface area contributed by atoms with Crippen molar-refractivity contribution in [3.63, 3.8) is 0 Å². The first-order valence-corrected chi connectivity index (χ1v) is 8.83. The van der Waals surface area contributed by atoms with Gasteiger partial charge >= 0.3 is 0 Å². The molecule has 2 aromatic heterocycles. The maximum atomic E-state index is 5.46. The Labute approximate surface area is 149 Å². The zero-order valence-electron chi connectivity index (χ0n) is 13.7. The van der Waals surface area contributed by atoms with Gasteiger partial charge in [0.1, 0.15) is 5.75 Å². The van der Waals surface area contributed by atoms with Crippen molar-refractivity contribution in [2.75, 3.05) is 12.9 Å². The second-order valence-corrected chi connectivity index (χ2v) is 6.37. The van der Waals surface area contributed by atoms with Crippen LogP contribution in [0.15, 0.2) is 66.3 Å². The first kappa shape index (κ1) is 15.7. The van der Waals surface area contributed by atoms with E-state index in [0.29, 0.717) is 5.82 Å². The molecule has 0 atom stereocenters. The number of ether oxygens (including phenoxy) is 1. The van der Waals surface area contributed by atoms with E-state index >= 15 is 0 Å². The Kier molecular flexibility index (Phi) is 4.11. The summed E-state index contributed by atoms with van der Waals surface area (Å²) in [5, 5.41) is 6.47. The number of hydrogen-bond donors (Lipinski definition) is 0. The molecule has 6 heteroatoms. The van der Waals surface area contributed by atoms with Crippen molar-refractivity contribution in [3.05, 3.63) is 61.2 Å². The molecule has 25 heavy (non-hydrogen) atoms. The topological polar surface area (TPSA) is 52.3 Å². The van der Waals surface area contributed by atoms with Gasteiger partial charge in [-0.3, -0.25) is 0 Å². The van der Waals surface area contributed by atoms with E-state index in [1.807, 2.05) is 54.6 Å². The third-order valence-corrected chi connectivity index (χ3v) is 4.75. The lowest BCUT2D eigenvalue weighted by atomic mass is 10.2. The fraction of sp³-hybridized carbons (Fsp3) is 0.105. The van der Waals surface area contributed by atoms with Gasteiger partial charge in [-0.05, 0) is 24.3 Å². The molecule has 5 nitrogen and oxygen atoms in total. The average Bonchev–Trinajstić information content (AvgIpc) is 3.11. The standard InChI is InChI=1S/C19H16N4OS/c1-3-12-25-19-20-15-10-6-4-8-13(15)18-21-17(22-23(18)19)14-9-5-7-11-16(14)24-2/h3-11H,1,12H2,2H3. The van der Waals surface area contributed by atoms with Crippen molar-refractivity contribution in [3.8, 4) is 17.1 Å². The molecule has 0 bridgehead atoms. The van der Waals surface area contributed by atoms with E-state index in [2.05, 4.69) is 6.58 Å². The number of benzene rings is 2. The van der Waals surface area contributed by atoms with Gasteiger partial charge in [0.15, 0.2) is 16.6 Å². The first-order valence-electron chi connectivity index (χ1n) is 7.84. The molecule has 0 saturated heterocycles. The van der Waals surface area contributed by atoms with Crippen molar-refractivity contribution in [1.82, 2.24) is 19.6 Å². The van der Waals surface area contributed by atoms with Gasteiger partial charge in [0.2, 0.25) is 0 Å². The summed E-state index contributed by atoms with van der Waals surface area (Å²) in [7, 11) is 1.65. The Hall–Kier alpha value is -2.86. The van der Waals surface area contributed by atoms with Crippen LogP contribution in [-0.2, 0) is 0 Å². The summed E-state index contributed by atoms with van der Waals surface area (Å²) in [6.45, 7) is 3.78. The van der Waals surface area contributed by atoms with E-state index < -0.39 is 0 Å². The molecule has 4 rings (SSSR count). The molecule has 0 aliphatic heterocycles. The average molecular weight is 348 g/mol. The number of methoxy groups -OCH3 is 1. The fourth-order valence-electron chi connectivity index (χ4n) is 2.70. The maximum Gasteiger partial charge on any atom is 0.191 e. The quantitative estimate of drug-likeness (QED) is 0.307. The molecule has 4 aromatic rings. The second-order valence-electron chi connectivity index (χ2n) is 5.38. The predicted octanol–water partition coefficient (Wildman–Crippen LogP) is 4.23. The highest BCUT2D eigenvalue weighted by Gasteiger charge is 2.16. The van der Waals surface area contributed by atoms with Gasteiger partial charge in [-0.2, -0.15) is 4.52 Å². The molecule has 2 heterocycles. The summed E-state index contributed by atoms with van der Waals surface area (Å²) in [4.78, 5) is 9.52. The van der Waals surface area contributed by atoms with Gasteiger partial charge in [0.25, 0.3) is 0 Å². The van der Waals surface area contributed by atoms with E-state index in [1.54, 1.807) is 23.4 Å². The van der Waals surface area contributed by atoms with Crippen LogP contribution in [0, 0.1) is 0 Å². The lowest BCUT2D eigenvalue weighted by Gasteiger charge is -2.04. The van der Waals surface area contributed by atoms with Crippen molar-refractivity contribution in [2.45, 2.75) is 5.16 Å². The molecular weight excluding hydrogens is 332 g/mol. The summed E-state index contributed by atoms with van der Waals surface area (Å²) in [5.74, 6) is 2.12. The molecule has 0 aliphatic carbocycles. The predicted molar refractivity (Wildman–Crippen MR) is 101 cm³/mol. The van der Waals surface area contributed by atoms with Crippen molar-refractivity contribution < 1.29 is 4.74 Å². The van der Waals surface area contributed by atoms with E-state index in [0.717, 1.165) is 38.8 Å². The SMILES string of the molecule is C=CCSc1nc2ccccc2c2nc(-c3ccccc3OC)nn12. The van der Waals surface area contributed by atoms with Crippen LogP contribution in [0.2, 0.25) is 0 Å². The molecule has 124 valence electrons. The fourth-order valence-corrected chi connectivity index (χ4v) is 3.38. The van der Waals surface area contributed by atoms with Crippen LogP contribution in [0.4, 0.5) is 0 Å². The van der Waals surface area contributed by atoms with Gasteiger partial charge < -0.3 is 4.74 Å². The Bertz CT molecular complexity index is 1070. The van der Waals surface area contributed by atoms with Gasteiger partial charge in [-0.1, -0.05) is 42.1 Å². The minimum absolute atomic E-state index is 0.621. The molecule has 0 unspecified atom stereocenters. The number of nitrogens with zero attached hydrogens (tertiary/aromatic N) is 4. The lowest BCUT2D eigenvalue weighted by molar-refractivity contribution is 0.416. The van der Waals surface area contributed by atoms with Crippen molar-refractivity contribution in [1.29, 1.82) is 0 Å². The minimum atomic E-state index is 0.621. The molecule has 0 N–H and O–H groups in total. The van der Waals surface area contributed by atoms with E-state index in [9.17, 15) is 0 Å². The monoisotopic (exact) mass is 348 g/mol. The molecule has 0 radical (unpaired) electrons. The van der Waals surface area contributed by atoms with E-state index in [-0.39, 0.29) is 0 Å². The molecule has 0 spiro atoms. The summed E-state index contributed by atoms with van der Waals surface area (Å²) in [6.07, 6.45) is 1.85. The number of fused-ring (bicyclic) bond motifs is 3. The number of hydrogen-bond acceptors (Lipinski definition) is 5. The Morgan fingerprint density at radius 1 is 1.12 bits per heavy atom. The van der Waals surface area contributed by atoms with Gasteiger partial charge in [0.05, 0.1) is 18.2 Å². The van der Waals surface area contributed by atoms with Crippen LogP contribution in [0.5, 0.6) is 5.75 Å². The maximum absolute atomic E-state index is 5.46. The number of rotatable bonds is 5. The smallest absolute Gasteiger partial charge is 0.191 e. The molecule has 0 saturated carbocycles. The zero-order chi connectivity index (χ0) is 17.2. The van der Waals surface area contributed by atoms with Crippen LogP contribution >= 0.6 is 11.8 Å². The largest absolute Gasteiger partial charge is 0.496 e. The second kappa shape index (κ2) is 6.57.